The van der Waals surface area contributed by atoms with Crippen LogP contribution in [0, 0.1) is 0 Å². The van der Waals surface area contributed by atoms with Crippen molar-refractivity contribution in [2.45, 2.75) is 6.10 Å². The molecule has 1 amide bonds. The molecule has 0 aromatic carbocycles. The molecule has 0 radical (unpaired) electrons. The Labute approximate surface area is 100 Å². The SMILES string of the molecule is COCC(O)CNC(=O)C=Cc1cccnc1. The van der Waals surface area contributed by atoms with Crippen molar-refractivity contribution in [3.8, 4) is 0 Å². The normalized spacial score (nSPS) is 12.6. The van der Waals surface area contributed by atoms with Gasteiger partial charge in [0.25, 0.3) is 0 Å². The summed E-state index contributed by atoms with van der Waals surface area (Å²) in [5, 5.41) is 11.9. The summed E-state index contributed by atoms with van der Waals surface area (Å²) < 4.78 is 4.74. The van der Waals surface area contributed by atoms with Gasteiger partial charge in [-0.3, -0.25) is 9.78 Å². The zero-order valence-corrected chi connectivity index (χ0v) is 9.67. The summed E-state index contributed by atoms with van der Waals surface area (Å²) in [5.41, 5.74) is 0.847. The number of carbonyl (C=O) groups is 1. The van der Waals surface area contributed by atoms with E-state index < -0.39 is 6.10 Å². The maximum Gasteiger partial charge on any atom is 0.244 e. The highest BCUT2D eigenvalue weighted by Gasteiger charge is 2.03. The molecular weight excluding hydrogens is 220 g/mol. The highest BCUT2D eigenvalue weighted by Crippen LogP contribution is 1.97. The number of methoxy groups -OCH3 is 1. The predicted molar refractivity (Wildman–Crippen MR) is 64.2 cm³/mol. The van der Waals surface area contributed by atoms with Crippen LogP contribution in [0.5, 0.6) is 0 Å². The lowest BCUT2D eigenvalue weighted by Crippen LogP contribution is -2.33. The zero-order valence-electron chi connectivity index (χ0n) is 9.67. The van der Waals surface area contributed by atoms with E-state index >= 15 is 0 Å². The summed E-state index contributed by atoms with van der Waals surface area (Å²) in [4.78, 5) is 15.3. The number of ether oxygens (including phenoxy) is 1. The van der Waals surface area contributed by atoms with Crippen molar-refractivity contribution in [2.24, 2.45) is 0 Å². The van der Waals surface area contributed by atoms with E-state index in [0.29, 0.717) is 0 Å². The first-order valence-electron chi connectivity index (χ1n) is 5.25. The summed E-state index contributed by atoms with van der Waals surface area (Å²) in [6.45, 7) is 0.372. The van der Waals surface area contributed by atoms with Crippen LogP contribution in [0.4, 0.5) is 0 Å². The van der Waals surface area contributed by atoms with Gasteiger partial charge in [-0.05, 0) is 17.7 Å². The molecule has 5 nitrogen and oxygen atoms in total. The molecule has 2 N–H and O–H groups in total. The molecule has 92 valence electrons. The summed E-state index contributed by atoms with van der Waals surface area (Å²) in [5.74, 6) is -0.260. The summed E-state index contributed by atoms with van der Waals surface area (Å²) in [6.07, 6.45) is 5.69. The first kappa shape index (κ1) is 13.3. The van der Waals surface area contributed by atoms with E-state index in [9.17, 15) is 9.90 Å². The highest BCUT2D eigenvalue weighted by molar-refractivity contribution is 5.91. The lowest BCUT2D eigenvalue weighted by molar-refractivity contribution is -0.117. The maximum atomic E-state index is 11.4. The Kier molecular flexibility index (Phi) is 5.92. The van der Waals surface area contributed by atoms with E-state index in [1.165, 1.54) is 13.2 Å². The van der Waals surface area contributed by atoms with E-state index in [2.05, 4.69) is 10.3 Å². The van der Waals surface area contributed by atoms with Crippen LogP contribution >= 0.6 is 0 Å². The number of aliphatic hydroxyl groups is 1. The molecule has 0 bridgehead atoms. The predicted octanol–water partition coefficient (Wildman–Crippen LogP) is 0.218. The summed E-state index contributed by atoms with van der Waals surface area (Å²) in [6, 6.07) is 3.64. The van der Waals surface area contributed by atoms with Gasteiger partial charge in [0.15, 0.2) is 0 Å². The van der Waals surface area contributed by atoms with Gasteiger partial charge < -0.3 is 15.2 Å². The number of nitrogens with zero attached hydrogens (tertiary/aromatic N) is 1. The minimum Gasteiger partial charge on any atom is -0.389 e. The molecule has 0 spiro atoms. The average molecular weight is 236 g/mol. The zero-order chi connectivity index (χ0) is 12.5. The third-order valence-electron chi connectivity index (χ3n) is 1.98. The number of hydrogen-bond donors (Lipinski definition) is 2. The van der Waals surface area contributed by atoms with Crippen molar-refractivity contribution < 1.29 is 14.6 Å². The van der Waals surface area contributed by atoms with Crippen LogP contribution in [-0.4, -0.2) is 42.4 Å². The van der Waals surface area contributed by atoms with E-state index in [4.69, 9.17) is 4.74 Å². The Balaban J connectivity index is 2.32. The number of pyridine rings is 1. The van der Waals surface area contributed by atoms with E-state index in [1.807, 2.05) is 6.07 Å². The van der Waals surface area contributed by atoms with Gasteiger partial charge in [-0.1, -0.05) is 6.07 Å². The van der Waals surface area contributed by atoms with Crippen LogP contribution in [0.3, 0.4) is 0 Å². The average Bonchev–Trinajstić information content (AvgIpc) is 2.35. The van der Waals surface area contributed by atoms with Crippen LogP contribution in [-0.2, 0) is 9.53 Å². The number of rotatable bonds is 6. The largest absolute Gasteiger partial charge is 0.389 e. The van der Waals surface area contributed by atoms with Gasteiger partial charge in [0.1, 0.15) is 0 Å². The monoisotopic (exact) mass is 236 g/mol. The Morgan fingerprint density at radius 3 is 3.18 bits per heavy atom. The Bertz CT molecular complexity index is 365. The lowest BCUT2D eigenvalue weighted by Gasteiger charge is -2.08. The Morgan fingerprint density at radius 2 is 2.53 bits per heavy atom. The second-order valence-electron chi connectivity index (χ2n) is 3.47. The molecule has 1 heterocycles. The topological polar surface area (TPSA) is 71.5 Å². The molecule has 0 fully saturated rings. The third kappa shape index (κ3) is 5.79. The molecule has 0 saturated carbocycles. The van der Waals surface area contributed by atoms with Crippen molar-refractivity contribution in [1.82, 2.24) is 10.3 Å². The fraction of sp³-hybridized carbons (Fsp3) is 0.333. The number of aromatic nitrogens is 1. The first-order chi connectivity index (χ1) is 8.22. The van der Waals surface area contributed by atoms with Crippen LogP contribution in [0.1, 0.15) is 5.56 Å². The quantitative estimate of drug-likeness (QED) is 0.693. The van der Waals surface area contributed by atoms with Crippen molar-refractivity contribution in [3.05, 3.63) is 36.2 Å². The minimum absolute atomic E-state index is 0.171. The molecule has 0 aliphatic heterocycles. The molecule has 1 rings (SSSR count). The van der Waals surface area contributed by atoms with E-state index in [-0.39, 0.29) is 19.1 Å². The number of aliphatic hydroxyl groups excluding tert-OH is 1. The summed E-state index contributed by atoms with van der Waals surface area (Å²) in [7, 11) is 1.49. The second-order valence-corrected chi connectivity index (χ2v) is 3.47. The van der Waals surface area contributed by atoms with E-state index in [0.717, 1.165) is 5.56 Å². The number of hydrogen-bond acceptors (Lipinski definition) is 4. The van der Waals surface area contributed by atoms with Gasteiger partial charge in [0.2, 0.25) is 5.91 Å². The van der Waals surface area contributed by atoms with Gasteiger partial charge >= 0.3 is 0 Å². The van der Waals surface area contributed by atoms with Crippen LogP contribution in [0.25, 0.3) is 6.08 Å². The standard InChI is InChI=1S/C12H16N2O3/c1-17-9-11(15)8-14-12(16)5-4-10-3-2-6-13-7-10/h2-7,11,15H,8-9H2,1H3,(H,14,16). The Morgan fingerprint density at radius 1 is 1.71 bits per heavy atom. The number of carbonyl (C=O) groups excluding carboxylic acids is 1. The molecule has 0 aliphatic rings. The summed E-state index contributed by atoms with van der Waals surface area (Å²) >= 11 is 0. The van der Waals surface area contributed by atoms with Gasteiger partial charge in [-0.25, -0.2) is 0 Å². The second kappa shape index (κ2) is 7.54. The highest BCUT2D eigenvalue weighted by atomic mass is 16.5. The molecule has 1 aromatic rings. The first-order valence-corrected chi connectivity index (χ1v) is 5.25. The maximum absolute atomic E-state index is 11.4. The van der Waals surface area contributed by atoms with Crippen molar-refractivity contribution in [2.75, 3.05) is 20.3 Å². The molecule has 17 heavy (non-hydrogen) atoms. The minimum atomic E-state index is -0.684. The molecular formula is C12H16N2O3. The molecule has 0 saturated heterocycles. The molecule has 0 aliphatic carbocycles. The third-order valence-corrected chi connectivity index (χ3v) is 1.98. The van der Waals surface area contributed by atoms with Crippen molar-refractivity contribution in [1.29, 1.82) is 0 Å². The Hall–Kier alpha value is -1.72. The number of amides is 1. The molecule has 5 heteroatoms. The van der Waals surface area contributed by atoms with Gasteiger partial charge in [0, 0.05) is 32.1 Å². The lowest BCUT2D eigenvalue weighted by atomic mass is 10.2. The van der Waals surface area contributed by atoms with E-state index in [1.54, 1.807) is 24.5 Å². The van der Waals surface area contributed by atoms with Crippen LogP contribution in [0.2, 0.25) is 0 Å². The van der Waals surface area contributed by atoms with Gasteiger partial charge in [-0.2, -0.15) is 0 Å². The number of nitrogens with one attached hydrogen (secondary N) is 1. The molecule has 1 unspecified atom stereocenters. The fourth-order valence-electron chi connectivity index (χ4n) is 1.18. The smallest absolute Gasteiger partial charge is 0.244 e. The van der Waals surface area contributed by atoms with Crippen molar-refractivity contribution in [3.63, 3.8) is 0 Å². The van der Waals surface area contributed by atoms with Gasteiger partial charge in [0.05, 0.1) is 12.7 Å². The molecule has 1 aromatic heterocycles. The molecule has 1 atom stereocenters. The van der Waals surface area contributed by atoms with Crippen LogP contribution in [0.15, 0.2) is 30.6 Å². The van der Waals surface area contributed by atoms with Crippen LogP contribution < -0.4 is 5.32 Å². The fourth-order valence-corrected chi connectivity index (χ4v) is 1.18. The van der Waals surface area contributed by atoms with Crippen molar-refractivity contribution >= 4 is 12.0 Å². The van der Waals surface area contributed by atoms with Gasteiger partial charge in [-0.15, -0.1) is 0 Å².